The van der Waals surface area contributed by atoms with Crippen LogP contribution in [0.3, 0.4) is 0 Å². The summed E-state index contributed by atoms with van der Waals surface area (Å²) < 4.78 is 0. The van der Waals surface area contributed by atoms with Crippen LogP contribution in [0.15, 0.2) is 24.3 Å². The van der Waals surface area contributed by atoms with Crippen LogP contribution in [0.4, 0.5) is 5.69 Å². The van der Waals surface area contributed by atoms with Crippen LogP contribution in [-0.2, 0) is 4.79 Å². The monoisotopic (exact) mass is 325 g/mol. The second-order valence-corrected chi connectivity index (χ2v) is 5.77. The minimum atomic E-state index is -0.0620. The Bertz CT molecular complexity index is 517. The molecule has 5 nitrogen and oxygen atoms in total. The summed E-state index contributed by atoms with van der Waals surface area (Å²) in [5.41, 5.74) is 1.38. The van der Waals surface area contributed by atoms with E-state index in [1.54, 1.807) is 24.3 Å². The van der Waals surface area contributed by atoms with Crippen LogP contribution in [-0.4, -0.2) is 42.4 Å². The number of halogens is 1. The first kappa shape index (κ1) is 18.5. The number of benzene rings is 1. The summed E-state index contributed by atoms with van der Waals surface area (Å²) in [7, 11) is 0. The smallest absolute Gasteiger partial charge is 0.254 e. The van der Waals surface area contributed by atoms with E-state index >= 15 is 0 Å². The van der Waals surface area contributed by atoms with Crippen molar-refractivity contribution in [2.75, 3.05) is 25.0 Å². The van der Waals surface area contributed by atoms with Crippen molar-refractivity contribution < 1.29 is 9.59 Å². The number of amides is 2. The molecule has 122 valence electrons. The molecule has 1 atom stereocenters. The fourth-order valence-corrected chi connectivity index (χ4v) is 2.29. The van der Waals surface area contributed by atoms with E-state index in [1.165, 1.54) is 0 Å². The summed E-state index contributed by atoms with van der Waals surface area (Å²) >= 11 is 0. The molecule has 0 unspecified atom stereocenters. The van der Waals surface area contributed by atoms with Crippen molar-refractivity contribution in [2.24, 2.45) is 5.92 Å². The first-order valence-electron chi connectivity index (χ1n) is 7.41. The van der Waals surface area contributed by atoms with Crippen LogP contribution in [0.1, 0.15) is 31.1 Å². The van der Waals surface area contributed by atoms with Crippen LogP contribution in [0.25, 0.3) is 0 Å². The lowest BCUT2D eigenvalue weighted by Gasteiger charge is -2.34. The van der Waals surface area contributed by atoms with Gasteiger partial charge in [-0.05, 0) is 31.2 Å². The molecule has 1 aliphatic rings. The summed E-state index contributed by atoms with van der Waals surface area (Å²) in [5.74, 6) is -0.0384. The molecule has 1 heterocycles. The Morgan fingerprint density at radius 2 is 1.91 bits per heavy atom. The lowest BCUT2D eigenvalue weighted by molar-refractivity contribution is -0.118. The minimum Gasteiger partial charge on any atom is -0.333 e. The Hall–Kier alpha value is -1.59. The highest BCUT2D eigenvalue weighted by atomic mass is 35.5. The van der Waals surface area contributed by atoms with Gasteiger partial charge in [0.05, 0.1) is 0 Å². The van der Waals surface area contributed by atoms with Gasteiger partial charge >= 0.3 is 0 Å². The molecule has 2 rings (SSSR count). The molecule has 2 amide bonds. The molecule has 1 aromatic rings. The van der Waals surface area contributed by atoms with Crippen molar-refractivity contribution in [2.45, 2.75) is 26.8 Å². The number of rotatable bonds is 3. The molecule has 22 heavy (non-hydrogen) atoms. The quantitative estimate of drug-likeness (QED) is 0.895. The van der Waals surface area contributed by atoms with Gasteiger partial charge in [0.15, 0.2) is 0 Å². The maximum Gasteiger partial charge on any atom is 0.254 e. The summed E-state index contributed by atoms with van der Waals surface area (Å²) in [5, 5.41) is 6.09. The predicted octanol–water partition coefficient (Wildman–Crippen LogP) is 2.14. The zero-order chi connectivity index (χ0) is 15.4. The van der Waals surface area contributed by atoms with Gasteiger partial charge in [0.1, 0.15) is 0 Å². The number of nitrogens with zero attached hydrogens (tertiary/aromatic N) is 1. The zero-order valence-electron chi connectivity index (χ0n) is 13.3. The van der Waals surface area contributed by atoms with Crippen LogP contribution >= 0.6 is 12.4 Å². The average Bonchev–Trinajstić information content (AvgIpc) is 2.47. The van der Waals surface area contributed by atoms with Crippen molar-refractivity contribution in [1.82, 2.24) is 10.2 Å². The summed E-state index contributed by atoms with van der Waals surface area (Å²) in [6, 6.07) is 7.30. The Balaban J connectivity index is 0.00000242. The number of hydrogen-bond donors (Lipinski definition) is 2. The predicted molar refractivity (Wildman–Crippen MR) is 90.5 cm³/mol. The number of nitrogens with one attached hydrogen (secondary N) is 2. The van der Waals surface area contributed by atoms with E-state index in [0.717, 1.165) is 25.3 Å². The maximum absolute atomic E-state index is 12.5. The number of piperazine rings is 1. The number of anilines is 1. The van der Waals surface area contributed by atoms with Gasteiger partial charge in [-0.1, -0.05) is 13.8 Å². The molecule has 6 heteroatoms. The Labute approximate surface area is 137 Å². The molecule has 1 aromatic carbocycles. The van der Waals surface area contributed by atoms with Gasteiger partial charge in [-0.25, -0.2) is 0 Å². The van der Waals surface area contributed by atoms with Crippen molar-refractivity contribution in [3.63, 3.8) is 0 Å². The second kappa shape index (κ2) is 8.15. The fraction of sp³-hybridized carbons (Fsp3) is 0.500. The third-order valence-corrected chi connectivity index (χ3v) is 3.69. The highest BCUT2D eigenvalue weighted by Crippen LogP contribution is 2.14. The Morgan fingerprint density at radius 3 is 2.45 bits per heavy atom. The zero-order valence-corrected chi connectivity index (χ0v) is 14.1. The normalized spacial score (nSPS) is 17.8. The van der Waals surface area contributed by atoms with E-state index in [9.17, 15) is 9.59 Å². The SMILES string of the molecule is CC(C)C(=O)Nc1ccc(C(=O)N2CCNC[C@H]2C)cc1.Cl. The van der Waals surface area contributed by atoms with Crippen LogP contribution in [0, 0.1) is 5.92 Å². The largest absolute Gasteiger partial charge is 0.333 e. The molecular weight excluding hydrogens is 302 g/mol. The van der Waals surface area contributed by atoms with Gasteiger partial charge in [0.2, 0.25) is 5.91 Å². The highest BCUT2D eigenvalue weighted by Gasteiger charge is 2.23. The van der Waals surface area contributed by atoms with Crippen molar-refractivity contribution in [3.8, 4) is 0 Å². The molecule has 0 spiro atoms. The van der Waals surface area contributed by atoms with Gasteiger partial charge in [-0.2, -0.15) is 0 Å². The molecule has 0 saturated carbocycles. The topological polar surface area (TPSA) is 61.4 Å². The number of carbonyl (C=O) groups is 2. The average molecular weight is 326 g/mol. The molecular formula is C16H24ClN3O2. The molecule has 1 aliphatic heterocycles. The fourth-order valence-electron chi connectivity index (χ4n) is 2.29. The second-order valence-electron chi connectivity index (χ2n) is 5.77. The number of hydrogen-bond acceptors (Lipinski definition) is 3. The van der Waals surface area contributed by atoms with Gasteiger partial charge < -0.3 is 15.5 Å². The molecule has 0 bridgehead atoms. The molecule has 0 radical (unpaired) electrons. The first-order chi connectivity index (χ1) is 9.99. The number of carbonyl (C=O) groups excluding carboxylic acids is 2. The van der Waals surface area contributed by atoms with Crippen LogP contribution < -0.4 is 10.6 Å². The van der Waals surface area contributed by atoms with Crippen molar-refractivity contribution >= 4 is 29.9 Å². The lowest BCUT2D eigenvalue weighted by Crippen LogP contribution is -2.52. The van der Waals surface area contributed by atoms with E-state index in [0.29, 0.717) is 5.56 Å². The van der Waals surface area contributed by atoms with Gasteiger partial charge in [-0.3, -0.25) is 9.59 Å². The molecule has 0 aliphatic carbocycles. The third kappa shape index (κ3) is 4.45. The summed E-state index contributed by atoms with van der Waals surface area (Å²) in [6.45, 7) is 8.12. The van der Waals surface area contributed by atoms with E-state index in [1.807, 2.05) is 25.7 Å². The summed E-state index contributed by atoms with van der Waals surface area (Å²) in [4.78, 5) is 26.0. The van der Waals surface area contributed by atoms with E-state index < -0.39 is 0 Å². The molecule has 1 saturated heterocycles. The van der Waals surface area contributed by atoms with Crippen molar-refractivity contribution in [3.05, 3.63) is 29.8 Å². The van der Waals surface area contributed by atoms with E-state index in [4.69, 9.17) is 0 Å². The van der Waals surface area contributed by atoms with Gasteiger partial charge in [-0.15, -0.1) is 12.4 Å². The van der Waals surface area contributed by atoms with Crippen molar-refractivity contribution in [1.29, 1.82) is 0 Å². The van der Waals surface area contributed by atoms with Gasteiger partial charge in [0.25, 0.3) is 5.91 Å². The first-order valence-corrected chi connectivity index (χ1v) is 7.41. The van der Waals surface area contributed by atoms with E-state index in [2.05, 4.69) is 10.6 Å². The molecule has 2 N–H and O–H groups in total. The standard InChI is InChI=1S/C16H23N3O2.ClH/c1-11(2)15(20)18-14-6-4-13(5-7-14)16(21)19-9-8-17-10-12(19)3;/h4-7,11-12,17H,8-10H2,1-3H3,(H,18,20);1H/t12-;/m1./s1. The highest BCUT2D eigenvalue weighted by molar-refractivity contribution is 5.96. The van der Waals surface area contributed by atoms with E-state index in [-0.39, 0.29) is 36.2 Å². The Kier molecular flexibility index (Phi) is 6.84. The maximum atomic E-state index is 12.5. The molecule has 1 fully saturated rings. The van der Waals surface area contributed by atoms with Gasteiger partial charge in [0, 0.05) is 42.8 Å². The minimum absolute atomic E-state index is 0. The third-order valence-electron chi connectivity index (χ3n) is 3.69. The van der Waals surface area contributed by atoms with Crippen LogP contribution in [0.5, 0.6) is 0 Å². The summed E-state index contributed by atoms with van der Waals surface area (Å²) in [6.07, 6.45) is 0. The lowest BCUT2D eigenvalue weighted by atomic mass is 10.1. The van der Waals surface area contributed by atoms with Crippen LogP contribution in [0.2, 0.25) is 0 Å². The Morgan fingerprint density at radius 1 is 1.27 bits per heavy atom. The molecule has 0 aromatic heterocycles.